The predicted molar refractivity (Wildman–Crippen MR) is 158 cm³/mol. The Kier molecular flexibility index (Phi) is 19.1. The maximum absolute atomic E-state index is 13.0. The van der Waals surface area contributed by atoms with Crippen molar-refractivity contribution in [2.75, 3.05) is 13.1 Å². The molecule has 0 saturated heterocycles. The fraction of sp³-hybridized carbons (Fsp3) is 0.731. The Labute approximate surface area is 256 Å². The third-order valence-corrected chi connectivity index (χ3v) is 6.41. The summed E-state index contributed by atoms with van der Waals surface area (Å²) in [5.41, 5.74) is 21.6. The monoisotopic (exact) mass is 631 g/mol. The zero-order chi connectivity index (χ0) is 34.0. The minimum atomic E-state index is -1.63. The van der Waals surface area contributed by atoms with Crippen LogP contribution in [0.1, 0.15) is 65.7 Å². The number of nitrogens with one attached hydrogen (secondary N) is 5. The molecule has 0 aromatic heterocycles. The Morgan fingerprint density at radius 1 is 0.636 bits per heavy atom. The van der Waals surface area contributed by atoms with Crippen LogP contribution in [0.5, 0.6) is 0 Å². The van der Waals surface area contributed by atoms with E-state index in [0.717, 1.165) is 0 Å². The fourth-order valence-electron chi connectivity index (χ4n) is 3.82. The van der Waals surface area contributed by atoms with Crippen LogP contribution in [0.4, 0.5) is 0 Å². The van der Waals surface area contributed by atoms with Gasteiger partial charge in [-0.1, -0.05) is 0 Å². The van der Waals surface area contributed by atoms with Gasteiger partial charge in [0.05, 0.1) is 18.6 Å². The van der Waals surface area contributed by atoms with Crippen LogP contribution >= 0.6 is 0 Å². The van der Waals surface area contributed by atoms with Crippen LogP contribution in [0.2, 0.25) is 0 Å². The summed E-state index contributed by atoms with van der Waals surface area (Å²) < 4.78 is 0. The third-order valence-electron chi connectivity index (χ3n) is 6.41. The largest absolute Gasteiger partial charge is 0.480 e. The van der Waals surface area contributed by atoms with E-state index < -0.39 is 90.2 Å². The molecule has 0 saturated carbocycles. The molecule has 0 aromatic carbocycles. The van der Waals surface area contributed by atoms with E-state index in [1.807, 2.05) is 0 Å². The number of aliphatic hydroxyl groups excluding tert-OH is 1. The Morgan fingerprint density at radius 3 is 1.50 bits per heavy atom. The number of hydrogen-bond acceptors (Lipinski definition) is 11. The number of unbranched alkanes of at least 4 members (excludes halogenated alkanes) is 2. The standard InChI is InChI=1S/C26H49N9O9/c1-13(29)21(38)32-17(9-5-7-11-28)24(41)35-20(15(3)36)25(42)31-14(2)22(39)33-16(8-4-6-10-27)23(40)34-18(26(43)44)12-19(30)37/h13-18,20,36H,4-12,27-29H2,1-3H3,(H2,30,37)(H,31,42)(H,32,38)(H,33,39)(H,34,40)(H,35,41)(H,43,44). The first-order valence-corrected chi connectivity index (χ1v) is 14.4. The zero-order valence-electron chi connectivity index (χ0n) is 25.5. The maximum atomic E-state index is 13.0. The molecule has 0 rings (SSSR count). The number of aliphatic hydroxyl groups is 1. The van der Waals surface area contributed by atoms with Crippen molar-refractivity contribution in [3.63, 3.8) is 0 Å². The number of hydrogen-bond donors (Lipinski definition) is 11. The minimum absolute atomic E-state index is 0.0589. The van der Waals surface area contributed by atoms with E-state index in [2.05, 4.69) is 26.6 Å². The van der Waals surface area contributed by atoms with E-state index in [1.165, 1.54) is 20.8 Å². The SMILES string of the molecule is CC(N)C(=O)NC(CCCCN)C(=O)NC(C(=O)NC(C)C(=O)NC(CCCCN)C(=O)NC(CC(N)=O)C(=O)O)C(C)O. The lowest BCUT2D eigenvalue weighted by atomic mass is 10.1. The quantitative estimate of drug-likeness (QED) is 0.0503. The molecule has 18 nitrogen and oxygen atoms in total. The molecule has 0 aliphatic heterocycles. The molecule has 0 bridgehead atoms. The normalized spacial score (nSPS) is 15.7. The lowest BCUT2D eigenvalue weighted by Crippen LogP contribution is -2.60. The minimum Gasteiger partial charge on any atom is -0.480 e. The Hall–Kier alpha value is -3.87. The zero-order valence-corrected chi connectivity index (χ0v) is 25.5. The van der Waals surface area contributed by atoms with Gasteiger partial charge in [-0.25, -0.2) is 4.79 Å². The van der Waals surface area contributed by atoms with Gasteiger partial charge in [0, 0.05) is 0 Å². The van der Waals surface area contributed by atoms with Crippen molar-refractivity contribution < 1.29 is 43.8 Å². The molecule has 7 unspecified atom stereocenters. The van der Waals surface area contributed by atoms with Crippen molar-refractivity contribution >= 4 is 41.4 Å². The number of carboxylic acids is 1. The van der Waals surface area contributed by atoms with Gasteiger partial charge in [-0.2, -0.15) is 0 Å². The van der Waals surface area contributed by atoms with Crippen LogP contribution in [-0.2, 0) is 33.6 Å². The number of carboxylic acid groups (broad SMARTS) is 1. The molecule has 0 spiro atoms. The first-order chi connectivity index (χ1) is 20.5. The summed E-state index contributed by atoms with van der Waals surface area (Å²) in [6.45, 7) is 4.61. The Bertz CT molecular complexity index is 994. The average Bonchev–Trinajstić information content (AvgIpc) is 2.93. The first-order valence-electron chi connectivity index (χ1n) is 14.4. The lowest BCUT2D eigenvalue weighted by molar-refractivity contribution is -0.143. The van der Waals surface area contributed by atoms with Crippen molar-refractivity contribution in [3.05, 3.63) is 0 Å². The van der Waals surface area contributed by atoms with Gasteiger partial charge in [-0.3, -0.25) is 28.8 Å². The van der Waals surface area contributed by atoms with Crippen molar-refractivity contribution in [2.24, 2.45) is 22.9 Å². The van der Waals surface area contributed by atoms with Crippen LogP contribution in [0, 0.1) is 0 Å². The molecule has 0 aromatic rings. The van der Waals surface area contributed by atoms with Crippen LogP contribution in [0.15, 0.2) is 0 Å². The van der Waals surface area contributed by atoms with Crippen molar-refractivity contribution in [1.29, 1.82) is 0 Å². The highest BCUT2D eigenvalue weighted by molar-refractivity contribution is 5.96. The van der Waals surface area contributed by atoms with E-state index in [-0.39, 0.29) is 12.8 Å². The van der Waals surface area contributed by atoms with E-state index in [4.69, 9.17) is 22.9 Å². The number of amides is 6. The molecule has 252 valence electrons. The smallest absolute Gasteiger partial charge is 0.326 e. The molecule has 18 heteroatoms. The summed E-state index contributed by atoms with van der Waals surface area (Å²) in [6, 6.07) is -7.68. The number of carbonyl (C=O) groups excluding carboxylic acids is 6. The molecule has 0 heterocycles. The highest BCUT2D eigenvalue weighted by Crippen LogP contribution is 2.06. The highest BCUT2D eigenvalue weighted by atomic mass is 16.4. The van der Waals surface area contributed by atoms with Gasteiger partial charge in [-0.15, -0.1) is 0 Å². The van der Waals surface area contributed by atoms with Gasteiger partial charge in [0.15, 0.2) is 0 Å². The van der Waals surface area contributed by atoms with E-state index in [0.29, 0.717) is 38.8 Å². The molecule has 44 heavy (non-hydrogen) atoms. The molecule has 0 aliphatic carbocycles. The van der Waals surface area contributed by atoms with Gasteiger partial charge >= 0.3 is 5.97 Å². The van der Waals surface area contributed by atoms with E-state index in [9.17, 15) is 43.8 Å². The molecule has 0 aliphatic rings. The molecule has 6 amide bonds. The lowest BCUT2D eigenvalue weighted by Gasteiger charge is -2.27. The van der Waals surface area contributed by atoms with E-state index >= 15 is 0 Å². The van der Waals surface area contributed by atoms with Crippen LogP contribution in [0.25, 0.3) is 0 Å². The second-order valence-electron chi connectivity index (χ2n) is 10.5. The summed E-state index contributed by atoms with van der Waals surface area (Å²) in [6.07, 6.45) is 0.0645. The fourth-order valence-corrected chi connectivity index (χ4v) is 3.82. The second-order valence-corrected chi connectivity index (χ2v) is 10.5. The van der Waals surface area contributed by atoms with Crippen LogP contribution in [0.3, 0.4) is 0 Å². The molecule has 7 atom stereocenters. The number of rotatable bonds is 22. The van der Waals surface area contributed by atoms with Crippen molar-refractivity contribution in [2.45, 2.75) is 108 Å². The van der Waals surface area contributed by atoms with Crippen LogP contribution < -0.4 is 49.5 Å². The molecular formula is C26H49N9O9. The van der Waals surface area contributed by atoms with Gasteiger partial charge in [0.1, 0.15) is 30.2 Å². The van der Waals surface area contributed by atoms with Gasteiger partial charge < -0.3 is 59.7 Å². The third kappa shape index (κ3) is 15.6. The molecular weight excluding hydrogens is 582 g/mol. The van der Waals surface area contributed by atoms with Gasteiger partial charge in [0.25, 0.3) is 0 Å². The predicted octanol–water partition coefficient (Wildman–Crippen LogP) is -4.62. The number of carbonyl (C=O) groups is 7. The van der Waals surface area contributed by atoms with Crippen LogP contribution in [-0.4, -0.2) is 107 Å². The number of primary amides is 1. The Morgan fingerprint density at radius 2 is 1.09 bits per heavy atom. The first kappa shape index (κ1) is 40.1. The van der Waals surface area contributed by atoms with Gasteiger partial charge in [0.2, 0.25) is 35.4 Å². The van der Waals surface area contributed by atoms with Crippen molar-refractivity contribution in [3.8, 4) is 0 Å². The molecule has 15 N–H and O–H groups in total. The van der Waals surface area contributed by atoms with Gasteiger partial charge in [-0.05, 0) is 72.4 Å². The average molecular weight is 632 g/mol. The summed E-state index contributed by atoms with van der Waals surface area (Å²) in [4.78, 5) is 86.5. The number of nitrogens with two attached hydrogens (primary N) is 4. The Balaban J connectivity index is 5.61. The number of aliphatic carboxylic acids is 1. The summed E-state index contributed by atoms with van der Waals surface area (Å²) >= 11 is 0. The summed E-state index contributed by atoms with van der Waals surface area (Å²) in [5, 5.41) is 31.4. The summed E-state index contributed by atoms with van der Waals surface area (Å²) in [5.74, 6) is -6.51. The van der Waals surface area contributed by atoms with E-state index in [1.54, 1.807) is 0 Å². The second kappa shape index (κ2) is 20.9. The highest BCUT2D eigenvalue weighted by Gasteiger charge is 2.33. The van der Waals surface area contributed by atoms with Crippen molar-refractivity contribution in [1.82, 2.24) is 26.6 Å². The topological polar surface area (TPSA) is 324 Å². The maximum Gasteiger partial charge on any atom is 0.326 e. The summed E-state index contributed by atoms with van der Waals surface area (Å²) in [7, 11) is 0. The molecule has 0 radical (unpaired) electrons. The molecule has 0 fully saturated rings.